The second-order valence-electron chi connectivity index (χ2n) is 4.19. The van der Waals surface area contributed by atoms with Gasteiger partial charge < -0.3 is 14.6 Å². The Bertz CT molecular complexity index is 616. The third-order valence-corrected chi connectivity index (χ3v) is 2.80. The Hall–Kier alpha value is -2.56. The second kappa shape index (κ2) is 6.74. The number of hydrogen-bond donors (Lipinski definition) is 1. The quantitative estimate of drug-likeness (QED) is 0.884. The number of aromatic nitrogens is 1. The van der Waals surface area contributed by atoms with E-state index in [9.17, 15) is 4.79 Å². The van der Waals surface area contributed by atoms with Gasteiger partial charge in [0.05, 0.1) is 24.3 Å². The fourth-order valence-corrected chi connectivity index (χ4v) is 1.98. The summed E-state index contributed by atoms with van der Waals surface area (Å²) < 4.78 is 11.2. The molecule has 0 bridgehead atoms. The molecule has 0 saturated carbocycles. The Morgan fingerprint density at radius 2 is 1.81 bits per heavy atom. The Morgan fingerprint density at radius 1 is 1.19 bits per heavy atom. The molecule has 0 saturated heterocycles. The van der Waals surface area contributed by atoms with Crippen molar-refractivity contribution in [1.82, 2.24) is 4.98 Å². The first kappa shape index (κ1) is 14.8. The largest absolute Gasteiger partial charge is 0.493 e. The fourth-order valence-electron chi connectivity index (χ4n) is 1.98. The van der Waals surface area contributed by atoms with Crippen molar-refractivity contribution in [2.75, 3.05) is 13.2 Å². The lowest BCUT2D eigenvalue weighted by Crippen LogP contribution is -2.01. The van der Waals surface area contributed by atoms with Gasteiger partial charge in [-0.25, -0.2) is 4.79 Å². The number of carboxylic acids is 1. The zero-order chi connectivity index (χ0) is 15.2. The van der Waals surface area contributed by atoms with Crippen LogP contribution in [0.3, 0.4) is 0 Å². The van der Waals surface area contributed by atoms with Crippen LogP contribution in [0.2, 0.25) is 0 Å². The standard InChI is InChI=1S/C16H16NO4/c1-3-20-13-6-5-7-14(21-4-2)15(13)11-8-12(16(18)19)10-17-9-11/h6-10H,3-4H2,1-2H3,(H,18,19). The van der Waals surface area contributed by atoms with Gasteiger partial charge in [-0.3, -0.25) is 4.98 Å². The lowest BCUT2D eigenvalue weighted by molar-refractivity contribution is 0.0696. The topological polar surface area (TPSA) is 68.7 Å². The molecular weight excluding hydrogens is 270 g/mol. The maximum absolute atomic E-state index is 11.1. The third kappa shape index (κ3) is 3.31. The minimum Gasteiger partial charge on any atom is -0.493 e. The summed E-state index contributed by atoms with van der Waals surface area (Å²) in [5.41, 5.74) is 1.44. The van der Waals surface area contributed by atoms with Crippen molar-refractivity contribution in [2.24, 2.45) is 0 Å². The smallest absolute Gasteiger partial charge is 0.337 e. The van der Waals surface area contributed by atoms with Gasteiger partial charge in [-0.05, 0) is 38.1 Å². The van der Waals surface area contributed by atoms with E-state index in [-0.39, 0.29) is 5.56 Å². The lowest BCUT2D eigenvalue weighted by atomic mass is 10.0. The minimum atomic E-state index is -1.03. The second-order valence-corrected chi connectivity index (χ2v) is 4.19. The molecule has 109 valence electrons. The average Bonchev–Trinajstić information content (AvgIpc) is 2.48. The van der Waals surface area contributed by atoms with Gasteiger partial charge in [0.2, 0.25) is 0 Å². The van der Waals surface area contributed by atoms with Crippen LogP contribution in [0.25, 0.3) is 11.1 Å². The highest BCUT2D eigenvalue weighted by atomic mass is 16.5. The summed E-state index contributed by atoms with van der Waals surface area (Å²) in [5, 5.41) is 9.09. The van der Waals surface area contributed by atoms with Crippen LogP contribution in [-0.2, 0) is 0 Å². The maximum Gasteiger partial charge on any atom is 0.337 e. The van der Waals surface area contributed by atoms with E-state index in [4.69, 9.17) is 14.6 Å². The lowest BCUT2D eigenvalue weighted by Gasteiger charge is -2.15. The Morgan fingerprint density at radius 3 is 2.33 bits per heavy atom. The van der Waals surface area contributed by atoms with Crippen LogP contribution in [0, 0.1) is 6.07 Å². The number of carboxylic acid groups (broad SMARTS) is 1. The van der Waals surface area contributed by atoms with Crippen LogP contribution >= 0.6 is 0 Å². The van der Waals surface area contributed by atoms with Gasteiger partial charge in [0.15, 0.2) is 0 Å². The van der Waals surface area contributed by atoms with Crippen molar-refractivity contribution in [1.29, 1.82) is 0 Å². The van der Waals surface area contributed by atoms with Gasteiger partial charge in [0.25, 0.3) is 0 Å². The highest BCUT2D eigenvalue weighted by Gasteiger charge is 2.15. The molecule has 0 atom stereocenters. The number of carbonyl (C=O) groups is 1. The van der Waals surface area contributed by atoms with Gasteiger partial charge in [0, 0.05) is 18.0 Å². The molecule has 5 nitrogen and oxygen atoms in total. The number of ether oxygens (including phenoxy) is 2. The van der Waals surface area contributed by atoms with Crippen LogP contribution in [0.4, 0.5) is 0 Å². The van der Waals surface area contributed by atoms with Crippen LogP contribution in [-0.4, -0.2) is 29.3 Å². The summed E-state index contributed by atoms with van der Waals surface area (Å²) in [4.78, 5) is 15.1. The molecule has 5 heteroatoms. The van der Waals surface area contributed by atoms with E-state index in [0.29, 0.717) is 35.8 Å². The number of hydrogen-bond acceptors (Lipinski definition) is 4. The molecule has 0 fully saturated rings. The monoisotopic (exact) mass is 286 g/mol. The van der Waals surface area contributed by atoms with Gasteiger partial charge in [-0.2, -0.15) is 0 Å². The van der Waals surface area contributed by atoms with Gasteiger partial charge in [0.1, 0.15) is 11.5 Å². The molecule has 1 aromatic carbocycles. The van der Waals surface area contributed by atoms with Crippen molar-refractivity contribution in [3.05, 3.63) is 42.2 Å². The highest BCUT2D eigenvalue weighted by Crippen LogP contribution is 2.38. The van der Waals surface area contributed by atoms with E-state index in [0.717, 1.165) is 0 Å². The van der Waals surface area contributed by atoms with Gasteiger partial charge in [-0.15, -0.1) is 0 Å². The fraction of sp³-hybridized carbons (Fsp3) is 0.250. The summed E-state index contributed by atoms with van der Waals surface area (Å²) >= 11 is 0. The normalized spacial score (nSPS) is 10.2. The van der Waals surface area contributed by atoms with Gasteiger partial charge >= 0.3 is 5.97 Å². The van der Waals surface area contributed by atoms with Crippen molar-refractivity contribution in [2.45, 2.75) is 13.8 Å². The van der Waals surface area contributed by atoms with E-state index < -0.39 is 5.97 Å². The SMILES string of the molecule is CCOc1c[c]cc(OCC)c1-c1cncc(C(=O)O)c1. The maximum atomic E-state index is 11.1. The molecule has 2 rings (SSSR count). The molecular formula is C16H16NO4. The molecule has 0 amide bonds. The molecule has 0 aliphatic heterocycles. The van der Waals surface area contributed by atoms with E-state index in [1.165, 1.54) is 6.20 Å². The summed E-state index contributed by atoms with van der Waals surface area (Å²) in [7, 11) is 0. The highest BCUT2D eigenvalue weighted by molar-refractivity contribution is 5.89. The molecule has 0 unspecified atom stereocenters. The van der Waals surface area contributed by atoms with E-state index in [1.54, 1.807) is 24.4 Å². The number of nitrogens with zero attached hydrogens (tertiary/aromatic N) is 1. The third-order valence-electron chi connectivity index (χ3n) is 2.80. The Balaban J connectivity index is 2.59. The molecule has 1 N–H and O–H groups in total. The molecule has 0 aliphatic rings. The van der Waals surface area contributed by atoms with Crippen LogP contribution in [0.15, 0.2) is 30.6 Å². The molecule has 0 aliphatic carbocycles. The predicted molar refractivity (Wildman–Crippen MR) is 77.8 cm³/mol. The molecule has 1 aromatic heterocycles. The van der Waals surface area contributed by atoms with Crippen LogP contribution < -0.4 is 9.47 Å². The van der Waals surface area contributed by atoms with E-state index in [1.807, 2.05) is 13.8 Å². The zero-order valence-corrected chi connectivity index (χ0v) is 11.9. The van der Waals surface area contributed by atoms with Crippen LogP contribution in [0.1, 0.15) is 24.2 Å². The first-order chi connectivity index (χ1) is 10.2. The summed E-state index contributed by atoms with van der Waals surface area (Å²) in [6, 6.07) is 7.92. The van der Waals surface area contributed by atoms with E-state index in [2.05, 4.69) is 11.1 Å². The first-order valence-corrected chi connectivity index (χ1v) is 6.65. The van der Waals surface area contributed by atoms with Crippen molar-refractivity contribution in [3.8, 4) is 22.6 Å². The van der Waals surface area contributed by atoms with Gasteiger partial charge in [-0.1, -0.05) is 0 Å². The van der Waals surface area contributed by atoms with E-state index >= 15 is 0 Å². The minimum absolute atomic E-state index is 0.116. The summed E-state index contributed by atoms with van der Waals surface area (Å²) in [6.07, 6.45) is 2.90. The molecule has 21 heavy (non-hydrogen) atoms. The van der Waals surface area contributed by atoms with Crippen molar-refractivity contribution < 1.29 is 19.4 Å². The van der Waals surface area contributed by atoms with Crippen molar-refractivity contribution in [3.63, 3.8) is 0 Å². The molecule has 1 radical (unpaired) electrons. The predicted octanol–water partition coefficient (Wildman–Crippen LogP) is 3.04. The number of aromatic carboxylic acids is 1. The average molecular weight is 286 g/mol. The first-order valence-electron chi connectivity index (χ1n) is 6.65. The van der Waals surface area contributed by atoms with Crippen LogP contribution in [0.5, 0.6) is 11.5 Å². The molecule has 1 heterocycles. The number of pyridine rings is 1. The van der Waals surface area contributed by atoms with Crippen molar-refractivity contribution >= 4 is 5.97 Å². The molecule has 0 spiro atoms. The Labute approximate surface area is 123 Å². The molecule has 2 aromatic rings. The number of benzene rings is 1. The summed E-state index contributed by atoms with van der Waals surface area (Å²) in [5.74, 6) is 0.156. The Kier molecular flexibility index (Phi) is 4.77. The summed E-state index contributed by atoms with van der Waals surface area (Å²) in [6.45, 7) is 4.73. The zero-order valence-electron chi connectivity index (χ0n) is 11.9. The number of rotatable bonds is 6.